The van der Waals surface area contributed by atoms with Crippen LogP contribution < -0.4 is 5.32 Å². The molecular formula is C13H14N2O4S2. The number of hydrogen-bond donors (Lipinski definition) is 2. The summed E-state index contributed by atoms with van der Waals surface area (Å²) < 4.78 is 0. The van der Waals surface area contributed by atoms with E-state index in [0.717, 1.165) is 16.9 Å². The van der Waals surface area contributed by atoms with Crippen LogP contribution in [0, 0.1) is 17.0 Å². The fraction of sp³-hybridized carbons (Fsp3) is 0.308. The summed E-state index contributed by atoms with van der Waals surface area (Å²) in [5, 5.41) is 27.3. The zero-order valence-corrected chi connectivity index (χ0v) is 13.1. The van der Waals surface area contributed by atoms with Crippen molar-refractivity contribution in [3.05, 3.63) is 48.3 Å². The number of thiophene rings is 2. The second-order valence-corrected chi connectivity index (χ2v) is 6.81. The molecule has 2 N–H and O–H groups in total. The third-order valence-corrected chi connectivity index (χ3v) is 4.77. The van der Waals surface area contributed by atoms with E-state index in [1.165, 1.54) is 17.4 Å². The molecule has 0 fully saturated rings. The van der Waals surface area contributed by atoms with Crippen molar-refractivity contribution in [3.8, 4) is 0 Å². The second-order valence-electron chi connectivity index (χ2n) is 4.78. The molecule has 1 unspecified atom stereocenters. The van der Waals surface area contributed by atoms with E-state index in [2.05, 4.69) is 5.32 Å². The lowest BCUT2D eigenvalue weighted by molar-refractivity contribution is -0.385. The molecule has 21 heavy (non-hydrogen) atoms. The summed E-state index contributed by atoms with van der Waals surface area (Å²) >= 11 is 2.53. The van der Waals surface area contributed by atoms with Gasteiger partial charge in [0, 0.05) is 6.07 Å². The number of carbonyl (C=O) groups is 1. The van der Waals surface area contributed by atoms with Gasteiger partial charge in [-0.2, -0.15) is 11.3 Å². The van der Waals surface area contributed by atoms with E-state index in [1.54, 1.807) is 19.9 Å². The summed E-state index contributed by atoms with van der Waals surface area (Å²) in [5.74, 6) is -0.424. The molecule has 2 aromatic heterocycles. The zero-order valence-electron chi connectivity index (χ0n) is 11.5. The topological polar surface area (TPSA) is 92.5 Å². The van der Waals surface area contributed by atoms with E-state index in [4.69, 9.17) is 0 Å². The highest BCUT2D eigenvalue weighted by Gasteiger charge is 2.26. The van der Waals surface area contributed by atoms with Crippen molar-refractivity contribution in [3.63, 3.8) is 0 Å². The van der Waals surface area contributed by atoms with Crippen molar-refractivity contribution in [2.75, 3.05) is 6.54 Å². The minimum Gasteiger partial charge on any atom is -0.384 e. The van der Waals surface area contributed by atoms with Crippen LogP contribution in [0.3, 0.4) is 0 Å². The minimum absolute atomic E-state index is 0.0350. The Kier molecular flexibility index (Phi) is 4.40. The number of rotatable bonds is 5. The molecule has 0 aromatic carbocycles. The summed E-state index contributed by atoms with van der Waals surface area (Å²) in [5.41, 5.74) is -0.510. The first kappa shape index (κ1) is 15.6. The molecule has 0 spiro atoms. The molecule has 0 radical (unpaired) electrons. The molecule has 2 rings (SSSR count). The highest BCUT2D eigenvalue weighted by atomic mass is 32.1. The first-order chi connectivity index (χ1) is 9.81. The third kappa shape index (κ3) is 3.46. The number of hydrogen-bond acceptors (Lipinski definition) is 6. The van der Waals surface area contributed by atoms with Crippen LogP contribution in [-0.2, 0) is 5.60 Å². The first-order valence-corrected chi connectivity index (χ1v) is 7.85. The summed E-state index contributed by atoms with van der Waals surface area (Å²) in [4.78, 5) is 23.0. The van der Waals surface area contributed by atoms with E-state index >= 15 is 0 Å². The average Bonchev–Trinajstić information content (AvgIpc) is 3.05. The molecule has 6 nitrogen and oxygen atoms in total. The van der Waals surface area contributed by atoms with E-state index < -0.39 is 16.4 Å². The molecule has 0 aliphatic rings. The zero-order chi connectivity index (χ0) is 15.6. The van der Waals surface area contributed by atoms with Gasteiger partial charge in [0.2, 0.25) is 0 Å². The van der Waals surface area contributed by atoms with Gasteiger partial charge in [-0.3, -0.25) is 14.9 Å². The number of nitrogens with zero attached hydrogens (tertiary/aromatic N) is 1. The van der Waals surface area contributed by atoms with Crippen LogP contribution in [0.5, 0.6) is 0 Å². The van der Waals surface area contributed by atoms with Gasteiger partial charge in [0.25, 0.3) is 11.6 Å². The quantitative estimate of drug-likeness (QED) is 0.652. The van der Waals surface area contributed by atoms with Crippen molar-refractivity contribution < 1.29 is 14.8 Å². The average molecular weight is 326 g/mol. The molecule has 0 saturated heterocycles. The van der Waals surface area contributed by atoms with Gasteiger partial charge in [0.15, 0.2) is 0 Å². The van der Waals surface area contributed by atoms with Crippen LogP contribution in [0.2, 0.25) is 0 Å². The molecule has 112 valence electrons. The first-order valence-electron chi connectivity index (χ1n) is 6.09. The van der Waals surface area contributed by atoms with E-state index in [-0.39, 0.29) is 17.1 Å². The highest BCUT2D eigenvalue weighted by Crippen LogP contribution is 2.28. The molecule has 1 amide bonds. The van der Waals surface area contributed by atoms with Crippen LogP contribution in [0.15, 0.2) is 22.9 Å². The number of amides is 1. The maximum Gasteiger partial charge on any atom is 0.283 e. The lowest BCUT2D eigenvalue weighted by atomic mass is 9.99. The van der Waals surface area contributed by atoms with Crippen molar-refractivity contribution in [2.24, 2.45) is 0 Å². The van der Waals surface area contributed by atoms with Gasteiger partial charge in [0.05, 0.1) is 21.2 Å². The predicted molar refractivity (Wildman–Crippen MR) is 81.9 cm³/mol. The Morgan fingerprint density at radius 3 is 2.81 bits per heavy atom. The molecule has 0 aliphatic heterocycles. The lowest BCUT2D eigenvalue weighted by Crippen LogP contribution is -2.38. The van der Waals surface area contributed by atoms with Gasteiger partial charge in [-0.25, -0.2) is 0 Å². The van der Waals surface area contributed by atoms with E-state index in [0.29, 0.717) is 4.88 Å². The molecule has 0 aliphatic carbocycles. The Balaban J connectivity index is 2.05. The number of nitrogens with one attached hydrogen (secondary N) is 1. The predicted octanol–water partition coefficient (Wildman–Crippen LogP) is 2.66. The number of carbonyl (C=O) groups excluding carboxylic acids is 1. The monoisotopic (exact) mass is 326 g/mol. The standard InChI is InChI=1S/C13H14N2O4S2/c1-8-10(15(18)19)5-11(21-8)12(16)14-7-13(2,17)9-3-4-20-6-9/h3-6,17H,7H2,1-2H3,(H,14,16). The van der Waals surface area contributed by atoms with Gasteiger partial charge < -0.3 is 10.4 Å². The van der Waals surface area contributed by atoms with Crippen molar-refractivity contribution in [1.82, 2.24) is 5.32 Å². The second kappa shape index (κ2) is 5.92. The summed E-state index contributed by atoms with van der Waals surface area (Å²) in [6.45, 7) is 3.24. The number of aryl methyl sites for hydroxylation is 1. The number of aliphatic hydroxyl groups is 1. The van der Waals surface area contributed by atoms with Crippen LogP contribution in [0.1, 0.15) is 27.0 Å². The van der Waals surface area contributed by atoms with Crippen LogP contribution >= 0.6 is 22.7 Å². The Morgan fingerprint density at radius 1 is 1.57 bits per heavy atom. The van der Waals surface area contributed by atoms with E-state index in [9.17, 15) is 20.0 Å². The van der Waals surface area contributed by atoms with Crippen molar-refractivity contribution >= 4 is 34.3 Å². The number of nitro groups is 1. The Hall–Kier alpha value is -1.77. The normalized spacial score (nSPS) is 13.7. The van der Waals surface area contributed by atoms with Gasteiger partial charge in [-0.05, 0) is 36.2 Å². The molecule has 1 atom stereocenters. The fourth-order valence-corrected chi connectivity index (χ4v) is 3.46. The van der Waals surface area contributed by atoms with Crippen molar-refractivity contribution in [1.29, 1.82) is 0 Å². The molecule has 2 aromatic rings. The lowest BCUT2D eigenvalue weighted by Gasteiger charge is -2.22. The summed E-state index contributed by atoms with van der Waals surface area (Å²) in [6, 6.07) is 3.05. The maximum atomic E-state index is 12.0. The Bertz CT molecular complexity index is 662. The molecular weight excluding hydrogens is 312 g/mol. The molecule has 0 bridgehead atoms. The van der Waals surface area contributed by atoms with Gasteiger partial charge in [0.1, 0.15) is 5.60 Å². The third-order valence-electron chi connectivity index (χ3n) is 3.05. The van der Waals surface area contributed by atoms with E-state index in [1.807, 2.05) is 10.8 Å². The Morgan fingerprint density at radius 2 is 2.29 bits per heavy atom. The summed E-state index contributed by atoms with van der Waals surface area (Å²) in [6.07, 6.45) is 0. The van der Waals surface area contributed by atoms with Crippen LogP contribution in [0.25, 0.3) is 0 Å². The van der Waals surface area contributed by atoms with Crippen LogP contribution in [0.4, 0.5) is 5.69 Å². The minimum atomic E-state index is -1.17. The SMILES string of the molecule is Cc1sc(C(=O)NCC(C)(O)c2ccsc2)cc1[N+](=O)[O-]. The highest BCUT2D eigenvalue weighted by molar-refractivity contribution is 7.14. The van der Waals surface area contributed by atoms with Crippen LogP contribution in [-0.4, -0.2) is 22.5 Å². The summed E-state index contributed by atoms with van der Waals surface area (Å²) in [7, 11) is 0. The largest absolute Gasteiger partial charge is 0.384 e. The van der Waals surface area contributed by atoms with Gasteiger partial charge >= 0.3 is 0 Å². The maximum absolute atomic E-state index is 12.0. The Labute approximate surface area is 129 Å². The fourth-order valence-electron chi connectivity index (χ4n) is 1.78. The van der Waals surface area contributed by atoms with Gasteiger partial charge in [-0.15, -0.1) is 11.3 Å². The smallest absolute Gasteiger partial charge is 0.283 e. The molecule has 2 heterocycles. The van der Waals surface area contributed by atoms with Gasteiger partial charge in [-0.1, -0.05) is 0 Å². The van der Waals surface area contributed by atoms with Crippen molar-refractivity contribution in [2.45, 2.75) is 19.4 Å². The molecule has 0 saturated carbocycles. The molecule has 8 heteroatoms.